The Hall–Kier alpha value is -2.79. The van der Waals surface area contributed by atoms with Crippen LogP contribution < -0.4 is 10.7 Å². The molecule has 0 unspecified atom stereocenters. The summed E-state index contributed by atoms with van der Waals surface area (Å²) < 4.78 is 7.38. The molecule has 1 aromatic carbocycles. The second-order valence-electron chi connectivity index (χ2n) is 5.15. The molecule has 0 aliphatic carbocycles. The first-order valence-electron chi connectivity index (χ1n) is 7.44. The number of nitrogens with zero attached hydrogens (tertiary/aromatic N) is 1. The van der Waals surface area contributed by atoms with E-state index in [2.05, 4.69) is 5.32 Å². The topological polar surface area (TPSA) is 64.2 Å². The van der Waals surface area contributed by atoms with Crippen LogP contribution in [0.3, 0.4) is 0 Å². The third kappa shape index (κ3) is 3.26. The molecular weight excluding hydrogens is 328 g/mol. The quantitative estimate of drug-likeness (QED) is 0.778. The van der Waals surface area contributed by atoms with E-state index >= 15 is 0 Å². The standard InChI is InChI=1S/C18H15ClN2O3/c1-2-21-10-9-15(22)14(11-21)20-18(23)17-8-7-16(24-17)12-5-3-4-6-13(12)19/h3-11H,2H2,1H3,(H,20,23). The van der Waals surface area contributed by atoms with E-state index in [9.17, 15) is 9.59 Å². The first-order valence-corrected chi connectivity index (χ1v) is 7.82. The summed E-state index contributed by atoms with van der Waals surface area (Å²) in [5.41, 5.74) is 0.650. The molecule has 122 valence electrons. The van der Waals surface area contributed by atoms with Gasteiger partial charge in [-0.2, -0.15) is 0 Å². The molecule has 0 saturated heterocycles. The van der Waals surface area contributed by atoms with Gasteiger partial charge in [-0.25, -0.2) is 0 Å². The minimum absolute atomic E-state index is 0.108. The Morgan fingerprint density at radius 3 is 2.75 bits per heavy atom. The Bertz CT molecular complexity index is 943. The van der Waals surface area contributed by atoms with Gasteiger partial charge in [-0.1, -0.05) is 23.7 Å². The molecule has 1 N–H and O–H groups in total. The summed E-state index contributed by atoms with van der Waals surface area (Å²) in [7, 11) is 0. The van der Waals surface area contributed by atoms with Crippen molar-refractivity contribution in [1.82, 2.24) is 4.57 Å². The number of furan rings is 1. The highest BCUT2D eigenvalue weighted by Gasteiger charge is 2.15. The zero-order valence-corrected chi connectivity index (χ0v) is 13.7. The molecule has 2 aromatic heterocycles. The number of anilines is 1. The first-order chi connectivity index (χ1) is 11.6. The number of aryl methyl sites for hydroxylation is 1. The highest BCUT2D eigenvalue weighted by atomic mass is 35.5. The van der Waals surface area contributed by atoms with Gasteiger partial charge in [-0.3, -0.25) is 9.59 Å². The molecule has 0 aliphatic heterocycles. The summed E-state index contributed by atoms with van der Waals surface area (Å²) in [4.78, 5) is 24.2. The average molecular weight is 343 g/mol. The van der Waals surface area contributed by atoms with Gasteiger partial charge >= 0.3 is 0 Å². The fourth-order valence-electron chi connectivity index (χ4n) is 2.27. The molecule has 1 amide bonds. The molecule has 3 rings (SSSR count). The number of benzene rings is 1. The van der Waals surface area contributed by atoms with Gasteiger partial charge in [0.05, 0.1) is 5.02 Å². The van der Waals surface area contributed by atoms with E-state index < -0.39 is 5.91 Å². The van der Waals surface area contributed by atoms with Crippen molar-refractivity contribution in [3.8, 4) is 11.3 Å². The molecule has 24 heavy (non-hydrogen) atoms. The van der Waals surface area contributed by atoms with E-state index in [1.54, 1.807) is 41.2 Å². The van der Waals surface area contributed by atoms with Crippen LogP contribution in [0.5, 0.6) is 0 Å². The van der Waals surface area contributed by atoms with Crippen LogP contribution in [0.4, 0.5) is 5.69 Å². The number of carbonyl (C=O) groups is 1. The van der Waals surface area contributed by atoms with Gasteiger partial charge in [-0.15, -0.1) is 0 Å². The van der Waals surface area contributed by atoms with E-state index in [-0.39, 0.29) is 16.9 Å². The molecule has 0 spiro atoms. The van der Waals surface area contributed by atoms with Gasteiger partial charge in [0.15, 0.2) is 5.76 Å². The Morgan fingerprint density at radius 2 is 2.00 bits per heavy atom. The van der Waals surface area contributed by atoms with Crippen molar-refractivity contribution < 1.29 is 9.21 Å². The molecule has 3 aromatic rings. The predicted octanol–water partition coefficient (Wildman–Crippen LogP) is 4.03. The Kier molecular flexibility index (Phi) is 4.53. The monoisotopic (exact) mass is 342 g/mol. The van der Waals surface area contributed by atoms with Crippen LogP contribution in [0, 0.1) is 0 Å². The van der Waals surface area contributed by atoms with Gasteiger partial charge in [-0.05, 0) is 31.2 Å². The predicted molar refractivity (Wildman–Crippen MR) is 93.5 cm³/mol. The van der Waals surface area contributed by atoms with Crippen molar-refractivity contribution >= 4 is 23.2 Å². The number of nitrogens with one attached hydrogen (secondary N) is 1. The second kappa shape index (κ2) is 6.76. The lowest BCUT2D eigenvalue weighted by molar-refractivity contribution is 0.0997. The van der Waals surface area contributed by atoms with Crippen molar-refractivity contribution in [2.45, 2.75) is 13.5 Å². The lowest BCUT2D eigenvalue weighted by atomic mass is 10.2. The number of halogens is 1. The first kappa shape index (κ1) is 16.1. The SMILES string of the molecule is CCn1ccc(=O)c(NC(=O)c2ccc(-c3ccccc3Cl)o2)c1. The minimum Gasteiger partial charge on any atom is -0.451 e. The summed E-state index contributed by atoms with van der Waals surface area (Å²) in [6.45, 7) is 2.64. The van der Waals surface area contributed by atoms with E-state index in [1.807, 2.05) is 19.1 Å². The van der Waals surface area contributed by atoms with Crippen LogP contribution in [0.15, 0.2) is 64.1 Å². The van der Waals surface area contributed by atoms with Crippen molar-refractivity contribution in [3.63, 3.8) is 0 Å². The van der Waals surface area contributed by atoms with Gasteiger partial charge in [0, 0.05) is 30.6 Å². The Morgan fingerprint density at radius 1 is 1.21 bits per heavy atom. The third-order valence-corrected chi connectivity index (χ3v) is 3.89. The second-order valence-corrected chi connectivity index (χ2v) is 5.56. The molecule has 6 heteroatoms. The molecule has 2 heterocycles. The van der Waals surface area contributed by atoms with Crippen LogP contribution in [0.2, 0.25) is 5.02 Å². The summed E-state index contributed by atoms with van der Waals surface area (Å²) in [6.07, 6.45) is 3.26. The summed E-state index contributed by atoms with van der Waals surface area (Å²) in [5.74, 6) is 0.111. The van der Waals surface area contributed by atoms with Gasteiger partial charge in [0.2, 0.25) is 5.43 Å². The largest absolute Gasteiger partial charge is 0.451 e. The fourth-order valence-corrected chi connectivity index (χ4v) is 2.49. The maximum atomic E-state index is 12.3. The summed E-state index contributed by atoms with van der Waals surface area (Å²) >= 11 is 6.13. The summed E-state index contributed by atoms with van der Waals surface area (Å²) in [6, 6.07) is 11.8. The van der Waals surface area contributed by atoms with E-state index in [4.69, 9.17) is 16.0 Å². The highest BCUT2D eigenvalue weighted by Crippen LogP contribution is 2.29. The molecule has 0 radical (unpaired) electrons. The molecule has 0 saturated carbocycles. The lowest BCUT2D eigenvalue weighted by Crippen LogP contribution is -2.18. The molecule has 0 bridgehead atoms. The highest BCUT2D eigenvalue weighted by molar-refractivity contribution is 6.33. The third-order valence-electron chi connectivity index (χ3n) is 3.56. The average Bonchev–Trinajstić information content (AvgIpc) is 3.07. The Labute approximate surface area is 143 Å². The van der Waals surface area contributed by atoms with Crippen LogP contribution >= 0.6 is 11.6 Å². The zero-order chi connectivity index (χ0) is 17.1. The lowest BCUT2D eigenvalue weighted by Gasteiger charge is -2.06. The minimum atomic E-state index is -0.487. The van der Waals surface area contributed by atoms with Crippen molar-refractivity contribution in [2.75, 3.05) is 5.32 Å². The maximum absolute atomic E-state index is 12.3. The number of hydrogen-bond acceptors (Lipinski definition) is 3. The van der Waals surface area contributed by atoms with Gasteiger partial charge < -0.3 is 14.3 Å². The van der Waals surface area contributed by atoms with Gasteiger partial charge in [0.25, 0.3) is 5.91 Å². The molecule has 5 nitrogen and oxygen atoms in total. The molecule has 0 atom stereocenters. The van der Waals surface area contributed by atoms with Crippen molar-refractivity contribution in [2.24, 2.45) is 0 Å². The fraction of sp³-hybridized carbons (Fsp3) is 0.111. The number of rotatable bonds is 4. The Balaban J connectivity index is 1.85. The van der Waals surface area contributed by atoms with Gasteiger partial charge in [0.1, 0.15) is 11.4 Å². The number of pyridine rings is 1. The molecule has 0 fully saturated rings. The van der Waals surface area contributed by atoms with Crippen molar-refractivity contribution in [3.05, 3.63) is 75.9 Å². The normalized spacial score (nSPS) is 10.6. The molecular formula is C18H15ClN2O3. The van der Waals surface area contributed by atoms with Crippen LogP contribution in [0.1, 0.15) is 17.5 Å². The van der Waals surface area contributed by atoms with E-state index in [0.29, 0.717) is 22.9 Å². The number of aromatic nitrogens is 1. The number of hydrogen-bond donors (Lipinski definition) is 1. The van der Waals surface area contributed by atoms with E-state index in [0.717, 1.165) is 0 Å². The zero-order valence-electron chi connectivity index (χ0n) is 13.0. The van der Waals surface area contributed by atoms with Crippen LogP contribution in [-0.4, -0.2) is 10.5 Å². The maximum Gasteiger partial charge on any atom is 0.291 e. The molecule has 0 aliphatic rings. The summed E-state index contributed by atoms with van der Waals surface area (Å²) in [5, 5.41) is 3.12. The van der Waals surface area contributed by atoms with Crippen LogP contribution in [0.25, 0.3) is 11.3 Å². The number of amides is 1. The van der Waals surface area contributed by atoms with E-state index in [1.165, 1.54) is 6.07 Å². The van der Waals surface area contributed by atoms with Crippen molar-refractivity contribution in [1.29, 1.82) is 0 Å². The number of carbonyl (C=O) groups excluding carboxylic acids is 1. The van der Waals surface area contributed by atoms with Crippen LogP contribution in [-0.2, 0) is 6.54 Å². The smallest absolute Gasteiger partial charge is 0.291 e.